The molecular weight excluding hydrogens is 280 g/mol. The second-order valence-electron chi connectivity index (χ2n) is 2.78. The van der Waals surface area contributed by atoms with Gasteiger partial charge < -0.3 is 0 Å². The van der Waals surface area contributed by atoms with Gasteiger partial charge in [0, 0.05) is 10.7 Å². The van der Waals surface area contributed by atoms with E-state index in [4.69, 9.17) is 0 Å². The highest BCUT2D eigenvalue weighted by Gasteiger charge is 2.12. The number of aromatic nitrogens is 4. The maximum atomic E-state index is 11.3. The predicted molar refractivity (Wildman–Crippen MR) is 59.2 cm³/mol. The van der Waals surface area contributed by atoms with Gasteiger partial charge in [0.1, 0.15) is 0 Å². The van der Waals surface area contributed by atoms with E-state index in [1.807, 2.05) is 24.3 Å². The lowest BCUT2D eigenvalue weighted by Crippen LogP contribution is -2.04. The van der Waals surface area contributed by atoms with Crippen LogP contribution in [-0.4, -0.2) is 30.7 Å². The monoisotopic (exact) mass is 286 g/mol. The van der Waals surface area contributed by atoms with Gasteiger partial charge in [0.25, 0.3) is 0 Å². The fourth-order valence-electron chi connectivity index (χ4n) is 1.13. The van der Waals surface area contributed by atoms with E-state index < -0.39 is 10.8 Å². The Morgan fingerprint density at radius 3 is 2.80 bits per heavy atom. The normalized spacial score (nSPS) is 12.7. The maximum absolute atomic E-state index is 11.3. The number of hydrogen-bond acceptors (Lipinski definition) is 4. The first-order chi connectivity index (χ1) is 7.20. The number of para-hydroxylation sites is 1. The van der Waals surface area contributed by atoms with Gasteiger partial charge in [0.05, 0.1) is 16.5 Å². The van der Waals surface area contributed by atoms with Crippen molar-refractivity contribution in [2.24, 2.45) is 0 Å². The Bertz CT molecular complexity index is 513. The van der Waals surface area contributed by atoms with Crippen LogP contribution in [0, 0.1) is 0 Å². The maximum Gasteiger partial charge on any atom is 0.244 e. The van der Waals surface area contributed by atoms with Crippen LogP contribution >= 0.6 is 15.9 Å². The Morgan fingerprint density at radius 1 is 1.40 bits per heavy atom. The molecule has 5 nitrogen and oxygen atoms in total. The molecule has 78 valence electrons. The number of benzene rings is 1. The van der Waals surface area contributed by atoms with Crippen molar-refractivity contribution in [2.45, 2.75) is 5.16 Å². The molecule has 2 rings (SSSR count). The largest absolute Gasteiger partial charge is 0.251 e. The number of halogens is 1. The van der Waals surface area contributed by atoms with Crippen molar-refractivity contribution in [1.29, 1.82) is 0 Å². The molecular formula is C8H7BrN4OS. The minimum Gasteiger partial charge on any atom is -0.251 e. The molecule has 0 saturated heterocycles. The first-order valence-corrected chi connectivity index (χ1v) is 6.42. The molecule has 0 fully saturated rings. The quantitative estimate of drug-likeness (QED) is 0.831. The summed E-state index contributed by atoms with van der Waals surface area (Å²) >= 11 is 3.39. The summed E-state index contributed by atoms with van der Waals surface area (Å²) in [4.78, 5) is 0. The lowest BCUT2D eigenvalue weighted by atomic mass is 10.3. The van der Waals surface area contributed by atoms with E-state index in [1.165, 1.54) is 4.68 Å². The fraction of sp³-hybridized carbons (Fsp3) is 0.125. The van der Waals surface area contributed by atoms with Crippen molar-refractivity contribution in [3.63, 3.8) is 0 Å². The van der Waals surface area contributed by atoms with Crippen LogP contribution < -0.4 is 0 Å². The van der Waals surface area contributed by atoms with Gasteiger partial charge in [0.2, 0.25) is 5.16 Å². The van der Waals surface area contributed by atoms with Gasteiger partial charge in [-0.1, -0.05) is 17.2 Å². The first-order valence-electron chi connectivity index (χ1n) is 4.07. The summed E-state index contributed by atoms with van der Waals surface area (Å²) < 4.78 is 13.7. The van der Waals surface area contributed by atoms with Crippen molar-refractivity contribution < 1.29 is 4.21 Å². The summed E-state index contributed by atoms with van der Waals surface area (Å²) in [7, 11) is -1.21. The van der Waals surface area contributed by atoms with Gasteiger partial charge >= 0.3 is 0 Å². The Kier molecular flexibility index (Phi) is 2.92. The number of tetrazole rings is 1. The van der Waals surface area contributed by atoms with E-state index in [0.717, 1.165) is 10.2 Å². The van der Waals surface area contributed by atoms with Crippen LogP contribution in [0.25, 0.3) is 5.69 Å². The second-order valence-corrected chi connectivity index (χ2v) is 4.91. The van der Waals surface area contributed by atoms with Gasteiger partial charge in [-0.3, -0.25) is 4.21 Å². The molecule has 2 aromatic rings. The van der Waals surface area contributed by atoms with E-state index in [1.54, 1.807) is 6.26 Å². The minimum absolute atomic E-state index is 0.335. The Hall–Kier alpha value is -1.08. The number of nitrogens with zero attached hydrogens (tertiary/aromatic N) is 4. The molecule has 0 radical (unpaired) electrons. The molecule has 0 N–H and O–H groups in total. The zero-order valence-corrected chi connectivity index (χ0v) is 10.2. The van der Waals surface area contributed by atoms with Crippen molar-refractivity contribution in [3.05, 3.63) is 28.7 Å². The van der Waals surface area contributed by atoms with Gasteiger partial charge in [-0.05, 0) is 38.5 Å². The van der Waals surface area contributed by atoms with Gasteiger partial charge in [-0.15, -0.1) is 0 Å². The molecule has 0 bridgehead atoms. The van der Waals surface area contributed by atoms with Crippen LogP contribution in [-0.2, 0) is 10.8 Å². The molecule has 0 aliphatic rings. The van der Waals surface area contributed by atoms with E-state index in [0.29, 0.717) is 5.16 Å². The predicted octanol–water partition coefficient (Wildman–Crippen LogP) is 1.16. The first kappa shape index (κ1) is 10.4. The van der Waals surface area contributed by atoms with Crippen LogP contribution in [0.3, 0.4) is 0 Å². The third-order valence-electron chi connectivity index (χ3n) is 1.78. The zero-order chi connectivity index (χ0) is 10.8. The minimum atomic E-state index is -1.21. The molecule has 0 saturated carbocycles. The van der Waals surface area contributed by atoms with E-state index in [2.05, 4.69) is 31.5 Å². The van der Waals surface area contributed by atoms with Crippen LogP contribution in [0.1, 0.15) is 0 Å². The van der Waals surface area contributed by atoms with E-state index in [-0.39, 0.29) is 0 Å². The van der Waals surface area contributed by atoms with Gasteiger partial charge in [-0.25, -0.2) is 0 Å². The van der Waals surface area contributed by atoms with Crippen LogP contribution in [0.5, 0.6) is 0 Å². The topological polar surface area (TPSA) is 60.7 Å². The molecule has 0 aliphatic heterocycles. The molecule has 0 amide bonds. The van der Waals surface area contributed by atoms with Crippen molar-refractivity contribution in [1.82, 2.24) is 20.2 Å². The standard InChI is InChI=1S/C8H7BrN4OS/c1-15(14)8-10-11-12-13(8)7-5-3-2-4-6(7)9/h2-5H,1H3. The highest BCUT2D eigenvalue weighted by atomic mass is 79.9. The third-order valence-corrected chi connectivity index (χ3v) is 3.22. The smallest absolute Gasteiger partial charge is 0.244 e. The summed E-state index contributed by atoms with van der Waals surface area (Å²) in [6.45, 7) is 0. The second kappa shape index (κ2) is 4.19. The Labute approximate surface area is 97.1 Å². The Morgan fingerprint density at radius 2 is 2.13 bits per heavy atom. The molecule has 1 unspecified atom stereocenters. The van der Waals surface area contributed by atoms with Crippen molar-refractivity contribution in [2.75, 3.05) is 6.26 Å². The van der Waals surface area contributed by atoms with Crippen molar-refractivity contribution >= 4 is 26.7 Å². The lowest BCUT2D eigenvalue weighted by molar-refractivity contribution is 0.670. The molecule has 1 aromatic carbocycles. The number of hydrogen-bond donors (Lipinski definition) is 0. The SMILES string of the molecule is CS(=O)c1nnnn1-c1ccccc1Br. The summed E-state index contributed by atoms with van der Waals surface area (Å²) in [6.07, 6.45) is 1.54. The summed E-state index contributed by atoms with van der Waals surface area (Å²) in [6, 6.07) is 7.47. The average Bonchev–Trinajstić information content (AvgIpc) is 2.67. The van der Waals surface area contributed by atoms with Crippen LogP contribution in [0.4, 0.5) is 0 Å². The number of rotatable bonds is 2. The third kappa shape index (κ3) is 1.98. The average molecular weight is 287 g/mol. The zero-order valence-electron chi connectivity index (χ0n) is 7.79. The molecule has 1 heterocycles. The van der Waals surface area contributed by atoms with Gasteiger partial charge in [-0.2, -0.15) is 4.68 Å². The van der Waals surface area contributed by atoms with Crippen LogP contribution in [0.2, 0.25) is 0 Å². The molecule has 0 spiro atoms. The molecule has 15 heavy (non-hydrogen) atoms. The molecule has 7 heteroatoms. The lowest BCUT2D eigenvalue weighted by Gasteiger charge is -2.03. The molecule has 1 atom stereocenters. The van der Waals surface area contributed by atoms with E-state index in [9.17, 15) is 4.21 Å². The van der Waals surface area contributed by atoms with Crippen molar-refractivity contribution in [3.8, 4) is 5.69 Å². The summed E-state index contributed by atoms with van der Waals surface area (Å²) in [5, 5.41) is 11.4. The highest BCUT2D eigenvalue weighted by molar-refractivity contribution is 9.10. The summed E-state index contributed by atoms with van der Waals surface area (Å²) in [5.74, 6) is 0. The molecule has 0 aliphatic carbocycles. The van der Waals surface area contributed by atoms with Crippen LogP contribution in [0.15, 0.2) is 33.9 Å². The fourth-order valence-corrected chi connectivity index (χ4v) is 2.12. The highest BCUT2D eigenvalue weighted by Crippen LogP contribution is 2.20. The Balaban J connectivity index is 2.59. The van der Waals surface area contributed by atoms with Gasteiger partial charge in [0.15, 0.2) is 0 Å². The molecule has 1 aromatic heterocycles. The van der Waals surface area contributed by atoms with E-state index >= 15 is 0 Å². The summed E-state index contributed by atoms with van der Waals surface area (Å²) in [5.41, 5.74) is 0.771.